The standard InChI is InChI=1S/C23H19N5O4S/c1-13-6-8-15(9-7-13)27-11-14(10-19(27)30)20-25-26-23(33-20)24-18(29)12-28-21(31)16-4-2-3-5-17(16)22(28)32/h2-9,14H,10-12H2,1H3,(H,24,26,29)/t14-/m1/s1. The van der Waals surface area contributed by atoms with Crippen molar-refractivity contribution in [3.63, 3.8) is 0 Å². The van der Waals surface area contributed by atoms with Crippen LogP contribution in [0.2, 0.25) is 0 Å². The van der Waals surface area contributed by atoms with Crippen LogP contribution in [-0.4, -0.2) is 51.8 Å². The number of carbonyl (C=O) groups is 4. The number of aromatic nitrogens is 2. The Bertz CT molecular complexity index is 1250. The molecule has 2 aliphatic heterocycles. The molecule has 0 saturated carbocycles. The van der Waals surface area contributed by atoms with Gasteiger partial charge in [0.2, 0.25) is 16.9 Å². The molecule has 1 fully saturated rings. The molecule has 3 heterocycles. The first-order chi connectivity index (χ1) is 15.9. The summed E-state index contributed by atoms with van der Waals surface area (Å²) < 4.78 is 0. The number of nitrogens with zero attached hydrogens (tertiary/aromatic N) is 4. The largest absolute Gasteiger partial charge is 0.312 e. The number of carbonyl (C=O) groups excluding carboxylic acids is 4. The number of hydrogen-bond acceptors (Lipinski definition) is 7. The number of aryl methyl sites for hydroxylation is 1. The van der Waals surface area contributed by atoms with Crippen LogP contribution in [0, 0.1) is 6.92 Å². The van der Waals surface area contributed by atoms with Gasteiger partial charge in [-0.1, -0.05) is 41.2 Å². The van der Waals surface area contributed by atoms with Crippen molar-refractivity contribution in [1.82, 2.24) is 15.1 Å². The van der Waals surface area contributed by atoms with Crippen LogP contribution in [-0.2, 0) is 9.59 Å². The molecule has 1 saturated heterocycles. The van der Waals surface area contributed by atoms with Gasteiger partial charge in [-0.05, 0) is 31.2 Å². The summed E-state index contributed by atoms with van der Waals surface area (Å²) in [7, 11) is 0. The van der Waals surface area contributed by atoms with Gasteiger partial charge in [0, 0.05) is 24.6 Å². The predicted octanol–water partition coefficient (Wildman–Crippen LogP) is 2.60. The van der Waals surface area contributed by atoms with Crippen molar-refractivity contribution in [2.45, 2.75) is 19.3 Å². The van der Waals surface area contributed by atoms with E-state index in [1.807, 2.05) is 31.2 Å². The number of amides is 4. The zero-order chi connectivity index (χ0) is 23.1. The first-order valence-electron chi connectivity index (χ1n) is 10.4. The molecule has 0 unspecified atom stereocenters. The smallest absolute Gasteiger partial charge is 0.262 e. The molecule has 10 heteroatoms. The summed E-state index contributed by atoms with van der Waals surface area (Å²) in [6.07, 6.45) is 0.311. The normalized spacial score (nSPS) is 17.6. The minimum Gasteiger partial charge on any atom is -0.312 e. The highest BCUT2D eigenvalue weighted by Gasteiger charge is 2.37. The maximum Gasteiger partial charge on any atom is 0.262 e. The van der Waals surface area contributed by atoms with E-state index in [4.69, 9.17) is 0 Å². The summed E-state index contributed by atoms with van der Waals surface area (Å²) >= 11 is 1.19. The fourth-order valence-corrected chi connectivity index (χ4v) is 4.83. The van der Waals surface area contributed by atoms with Gasteiger partial charge < -0.3 is 4.90 Å². The van der Waals surface area contributed by atoms with E-state index < -0.39 is 24.3 Å². The Kier molecular flexibility index (Phi) is 5.21. The SMILES string of the molecule is Cc1ccc(N2C[C@H](c3nnc(NC(=O)CN4C(=O)c5ccccc5C4=O)s3)CC2=O)cc1. The lowest BCUT2D eigenvalue weighted by atomic mass is 10.1. The number of rotatable bonds is 5. The van der Waals surface area contributed by atoms with Crippen LogP contribution in [0.5, 0.6) is 0 Å². The summed E-state index contributed by atoms with van der Waals surface area (Å²) in [5.41, 5.74) is 2.54. The van der Waals surface area contributed by atoms with Crippen LogP contribution >= 0.6 is 11.3 Å². The minimum atomic E-state index is -0.545. The fourth-order valence-electron chi connectivity index (χ4n) is 3.98. The summed E-state index contributed by atoms with van der Waals surface area (Å²) in [6, 6.07) is 14.2. The van der Waals surface area contributed by atoms with Crippen molar-refractivity contribution in [1.29, 1.82) is 0 Å². The zero-order valence-corrected chi connectivity index (χ0v) is 18.5. The van der Waals surface area contributed by atoms with Crippen molar-refractivity contribution in [2.24, 2.45) is 0 Å². The Morgan fingerprint density at radius 3 is 2.36 bits per heavy atom. The molecule has 1 atom stereocenters. The highest BCUT2D eigenvalue weighted by molar-refractivity contribution is 7.15. The zero-order valence-electron chi connectivity index (χ0n) is 17.6. The summed E-state index contributed by atoms with van der Waals surface area (Å²) in [4.78, 5) is 52.5. The van der Waals surface area contributed by atoms with Gasteiger partial charge in [0.25, 0.3) is 11.8 Å². The third kappa shape index (κ3) is 3.89. The van der Waals surface area contributed by atoms with Crippen LogP contribution in [0.25, 0.3) is 0 Å². The number of fused-ring (bicyclic) bond motifs is 1. The molecule has 2 aliphatic rings. The van der Waals surface area contributed by atoms with Gasteiger partial charge in [0.05, 0.1) is 11.1 Å². The van der Waals surface area contributed by atoms with Crippen LogP contribution in [0.3, 0.4) is 0 Å². The minimum absolute atomic E-state index is 0.00950. The molecule has 5 rings (SSSR count). The Morgan fingerprint density at radius 2 is 1.70 bits per heavy atom. The molecule has 33 heavy (non-hydrogen) atoms. The van der Waals surface area contributed by atoms with E-state index in [1.54, 1.807) is 29.2 Å². The highest BCUT2D eigenvalue weighted by Crippen LogP contribution is 2.34. The van der Waals surface area contributed by atoms with E-state index in [9.17, 15) is 19.2 Å². The van der Waals surface area contributed by atoms with Crippen LogP contribution in [0.1, 0.15) is 43.6 Å². The average molecular weight is 462 g/mol. The molecule has 166 valence electrons. The van der Waals surface area contributed by atoms with Crippen molar-refractivity contribution >= 4 is 45.8 Å². The molecule has 1 N–H and O–H groups in total. The molecular weight excluding hydrogens is 442 g/mol. The van der Waals surface area contributed by atoms with E-state index in [0.29, 0.717) is 18.0 Å². The molecule has 2 aromatic carbocycles. The molecule has 1 aromatic heterocycles. The second kappa shape index (κ2) is 8.21. The Hall–Kier alpha value is -3.92. The summed E-state index contributed by atoms with van der Waals surface area (Å²) in [5.74, 6) is -1.65. The van der Waals surface area contributed by atoms with E-state index in [-0.39, 0.29) is 28.1 Å². The van der Waals surface area contributed by atoms with Gasteiger partial charge in [-0.3, -0.25) is 29.4 Å². The molecule has 0 spiro atoms. The van der Waals surface area contributed by atoms with Crippen molar-refractivity contribution < 1.29 is 19.2 Å². The number of hydrogen-bond donors (Lipinski definition) is 1. The van der Waals surface area contributed by atoms with Crippen LogP contribution < -0.4 is 10.2 Å². The first-order valence-corrected chi connectivity index (χ1v) is 11.2. The van der Waals surface area contributed by atoms with Gasteiger partial charge in [0.15, 0.2) is 0 Å². The Labute approximate surface area is 193 Å². The van der Waals surface area contributed by atoms with Crippen LogP contribution in [0.15, 0.2) is 48.5 Å². The second-order valence-corrected chi connectivity index (χ2v) is 8.99. The number of benzene rings is 2. The average Bonchev–Trinajstić information content (AvgIpc) is 3.48. The summed E-state index contributed by atoms with van der Waals surface area (Å²) in [6.45, 7) is 2.06. The van der Waals surface area contributed by atoms with Gasteiger partial charge in [0.1, 0.15) is 11.6 Å². The molecule has 4 amide bonds. The van der Waals surface area contributed by atoms with E-state index in [2.05, 4.69) is 15.5 Å². The van der Waals surface area contributed by atoms with Gasteiger partial charge in [-0.25, -0.2) is 0 Å². The maximum atomic E-state index is 12.5. The van der Waals surface area contributed by atoms with E-state index in [1.165, 1.54) is 11.3 Å². The van der Waals surface area contributed by atoms with Crippen molar-refractivity contribution in [3.05, 3.63) is 70.2 Å². The molecule has 0 aliphatic carbocycles. The molecule has 9 nitrogen and oxygen atoms in total. The topological polar surface area (TPSA) is 113 Å². The maximum absolute atomic E-state index is 12.5. The lowest BCUT2D eigenvalue weighted by Gasteiger charge is -2.16. The second-order valence-electron chi connectivity index (χ2n) is 7.98. The van der Waals surface area contributed by atoms with Gasteiger partial charge >= 0.3 is 0 Å². The molecule has 0 radical (unpaired) electrons. The predicted molar refractivity (Wildman–Crippen MR) is 121 cm³/mol. The fraction of sp³-hybridized carbons (Fsp3) is 0.217. The number of imide groups is 1. The third-order valence-corrected chi connectivity index (χ3v) is 6.69. The molecule has 3 aromatic rings. The Balaban J connectivity index is 1.22. The number of anilines is 2. The third-order valence-electron chi connectivity index (χ3n) is 5.69. The van der Waals surface area contributed by atoms with E-state index >= 15 is 0 Å². The van der Waals surface area contributed by atoms with Gasteiger partial charge in [-0.2, -0.15) is 0 Å². The van der Waals surface area contributed by atoms with E-state index in [0.717, 1.165) is 16.2 Å². The monoisotopic (exact) mass is 461 g/mol. The quantitative estimate of drug-likeness (QED) is 0.585. The van der Waals surface area contributed by atoms with Crippen molar-refractivity contribution in [2.75, 3.05) is 23.3 Å². The first kappa shape index (κ1) is 21.0. The number of nitrogens with one attached hydrogen (secondary N) is 1. The van der Waals surface area contributed by atoms with Crippen molar-refractivity contribution in [3.8, 4) is 0 Å². The lowest BCUT2D eigenvalue weighted by Crippen LogP contribution is -2.37. The highest BCUT2D eigenvalue weighted by atomic mass is 32.1. The van der Waals surface area contributed by atoms with Crippen LogP contribution in [0.4, 0.5) is 10.8 Å². The Morgan fingerprint density at radius 1 is 1.03 bits per heavy atom. The molecule has 0 bridgehead atoms. The molecular formula is C23H19N5O4S. The summed E-state index contributed by atoms with van der Waals surface area (Å²) in [5, 5.41) is 11.7. The lowest BCUT2D eigenvalue weighted by molar-refractivity contribution is -0.117. The van der Waals surface area contributed by atoms with Gasteiger partial charge in [-0.15, -0.1) is 10.2 Å².